The summed E-state index contributed by atoms with van der Waals surface area (Å²) < 4.78 is 23.0. The molecule has 0 radical (unpaired) electrons. The lowest BCUT2D eigenvalue weighted by molar-refractivity contribution is 0.0926. The van der Waals surface area contributed by atoms with Crippen molar-refractivity contribution >= 4 is 15.6 Å². The molecule has 110 valence electrons. The van der Waals surface area contributed by atoms with Gasteiger partial charge in [-0.05, 0) is 38.9 Å². The highest BCUT2D eigenvalue weighted by molar-refractivity contribution is 7.91. The minimum atomic E-state index is -2.91. The lowest BCUT2D eigenvalue weighted by Gasteiger charge is -2.22. The Hall–Kier alpha value is -1.20. The Labute approximate surface area is 120 Å². The molecule has 1 saturated heterocycles. The van der Waals surface area contributed by atoms with E-state index in [1.165, 1.54) is 0 Å². The summed E-state index contributed by atoms with van der Waals surface area (Å²) in [5, 5.41) is 0. The van der Waals surface area contributed by atoms with Crippen molar-refractivity contribution in [2.24, 2.45) is 0 Å². The largest absolute Gasteiger partial charge is 0.295 e. The maximum Gasteiger partial charge on any atom is 0.177 e. The van der Waals surface area contributed by atoms with Crippen LogP contribution in [0.2, 0.25) is 0 Å². The van der Waals surface area contributed by atoms with Crippen LogP contribution in [0.25, 0.3) is 0 Å². The van der Waals surface area contributed by atoms with Crippen LogP contribution in [0.3, 0.4) is 0 Å². The number of aryl methyl sites for hydroxylation is 2. The molecule has 1 fully saturated rings. The molecule has 5 heteroatoms. The van der Waals surface area contributed by atoms with Crippen molar-refractivity contribution in [3.8, 4) is 0 Å². The molecule has 20 heavy (non-hydrogen) atoms. The zero-order chi connectivity index (χ0) is 14.9. The van der Waals surface area contributed by atoms with Gasteiger partial charge in [-0.2, -0.15) is 0 Å². The Kier molecular flexibility index (Phi) is 4.30. The van der Waals surface area contributed by atoms with Gasteiger partial charge in [0.15, 0.2) is 15.6 Å². The predicted octanol–water partition coefficient (Wildman–Crippen LogP) is 1.61. The summed E-state index contributed by atoms with van der Waals surface area (Å²) in [5.41, 5.74) is 2.76. The average Bonchev–Trinajstić information content (AvgIpc) is 2.72. The number of nitrogens with zero attached hydrogens (tertiary/aromatic N) is 1. The molecule has 1 aliphatic rings. The topological polar surface area (TPSA) is 54.5 Å². The highest BCUT2D eigenvalue weighted by atomic mass is 32.2. The third-order valence-corrected chi connectivity index (χ3v) is 5.67. The summed E-state index contributed by atoms with van der Waals surface area (Å²) in [7, 11) is -1.08. The molecule has 0 amide bonds. The van der Waals surface area contributed by atoms with E-state index in [9.17, 15) is 13.2 Å². The first-order valence-corrected chi connectivity index (χ1v) is 8.62. The second-order valence-electron chi connectivity index (χ2n) is 5.71. The second kappa shape index (κ2) is 5.66. The van der Waals surface area contributed by atoms with E-state index in [4.69, 9.17) is 0 Å². The molecular formula is C15H21NO3S. The van der Waals surface area contributed by atoms with E-state index >= 15 is 0 Å². The number of carbonyl (C=O) groups excluding carboxylic acids is 1. The standard InChI is InChI=1S/C15H21NO3S/c1-11-4-5-12(2)14(8-11)15(17)9-16(3)13-6-7-20(18,19)10-13/h4-5,8,13H,6-7,9-10H2,1-3H3. The monoisotopic (exact) mass is 295 g/mol. The molecule has 0 aromatic heterocycles. The van der Waals surface area contributed by atoms with Gasteiger partial charge in [-0.25, -0.2) is 8.42 Å². The normalized spacial score (nSPS) is 21.3. The van der Waals surface area contributed by atoms with Crippen molar-refractivity contribution in [3.63, 3.8) is 0 Å². The number of rotatable bonds is 4. The van der Waals surface area contributed by atoms with Crippen molar-refractivity contribution in [1.29, 1.82) is 0 Å². The molecule has 0 N–H and O–H groups in total. The summed E-state index contributed by atoms with van der Waals surface area (Å²) in [4.78, 5) is 14.2. The highest BCUT2D eigenvalue weighted by Crippen LogP contribution is 2.18. The number of likely N-dealkylation sites (N-methyl/N-ethyl adjacent to an activating group) is 1. The zero-order valence-electron chi connectivity index (χ0n) is 12.2. The van der Waals surface area contributed by atoms with Crippen molar-refractivity contribution in [1.82, 2.24) is 4.90 Å². The number of sulfone groups is 1. The fraction of sp³-hybridized carbons (Fsp3) is 0.533. The molecule has 1 atom stereocenters. The van der Waals surface area contributed by atoms with Crippen molar-refractivity contribution in [2.75, 3.05) is 25.1 Å². The Morgan fingerprint density at radius 3 is 2.65 bits per heavy atom. The lowest BCUT2D eigenvalue weighted by atomic mass is 10.0. The number of ketones is 1. The molecule has 1 aromatic carbocycles. The summed E-state index contributed by atoms with van der Waals surface area (Å²) in [5.74, 6) is 0.460. The highest BCUT2D eigenvalue weighted by Gasteiger charge is 2.31. The molecule has 0 aliphatic carbocycles. The molecule has 0 bridgehead atoms. The molecule has 0 spiro atoms. The quantitative estimate of drug-likeness (QED) is 0.792. The molecule has 1 heterocycles. The lowest BCUT2D eigenvalue weighted by Crippen LogP contribution is -2.36. The SMILES string of the molecule is Cc1ccc(C)c(C(=O)CN(C)C2CCS(=O)(=O)C2)c1. The number of hydrogen-bond donors (Lipinski definition) is 0. The van der Waals surface area contributed by atoms with Crippen LogP contribution < -0.4 is 0 Å². The van der Waals surface area contributed by atoms with Gasteiger partial charge in [-0.3, -0.25) is 9.69 Å². The Balaban J connectivity index is 2.06. The first-order valence-electron chi connectivity index (χ1n) is 6.79. The number of Topliss-reactive ketones (excluding diaryl/α,β-unsaturated/α-hetero) is 1. The van der Waals surface area contributed by atoms with Gasteiger partial charge < -0.3 is 0 Å². The van der Waals surface area contributed by atoms with Gasteiger partial charge >= 0.3 is 0 Å². The third kappa shape index (κ3) is 3.46. The molecule has 2 rings (SSSR count). The molecule has 1 unspecified atom stereocenters. The number of benzene rings is 1. The van der Waals surface area contributed by atoms with Crippen LogP contribution in [0.15, 0.2) is 18.2 Å². The maximum absolute atomic E-state index is 12.4. The van der Waals surface area contributed by atoms with E-state index in [2.05, 4.69) is 0 Å². The van der Waals surface area contributed by atoms with Gasteiger partial charge in [-0.15, -0.1) is 0 Å². The molecular weight excluding hydrogens is 274 g/mol. The fourth-order valence-corrected chi connectivity index (χ4v) is 4.41. The van der Waals surface area contributed by atoms with Crippen LogP contribution in [-0.4, -0.2) is 50.2 Å². The minimum absolute atomic E-state index is 0.0333. The summed E-state index contributed by atoms with van der Waals surface area (Å²) >= 11 is 0. The minimum Gasteiger partial charge on any atom is -0.295 e. The Morgan fingerprint density at radius 2 is 2.05 bits per heavy atom. The predicted molar refractivity (Wildman–Crippen MR) is 79.9 cm³/mol. The number of hydrogen-bond acceptors (Lipinski definition) is 4. The smallest absolute Gasteiger partial charge is 0.177 e. The van der Waals surface area contributed by atoms with Crippen LogP contribution in [0, 0.1) is 13.8 Å². The van der Waals surface area contributed by atoms with Crippen LogP contribution >= 0.6 is 0 Å². The van der Waals surface area contributed by atoms with Crippen molar-refractivity contribution in [2.45, 2.75) is 26.3 Å². The van der Waals surface area contributed by atoms with Crippen molar-refractivity contribution in [3.05, 3.63) is 34.9 Å². The zero-order valence-corrected chi connectivity index (χ0v) is 13.0. The van der Waals surface area contributed by atoms with Crippen molar-refractivity contribution < 1.29 is 13.2 Å². The third-order valence-electron chi connectivity index (χ3n) is 3.92. The van der Waals surface area contributed by atoms with E-state index in [0.29, 0.717) is 6.42 Å². The van der Waals surface area contributed by atoms with E-state index in [-0.39, 0.29) is 29.9 Å². The first-order chi connectivity index (χ1) is 9.28. The average molecular weight is 295 g/mol. The summed E-state index contributed by atoms with van der Waals surface area (Å²) in [6.07, 6.45) is 0.624. The summed E-state index contributed by atoms with van der Waals surface area (Å²) in [6, 6.07) is 5.80. The van der Waals surface area contributed by atoms with E-state index in [1.807, 2.05) is 44.0 Å². The number of carbonyl (C=O) groups is 1. The van der Waals surface area contributed by atoms with E-state index in [1.54, 1.807) is 0 Å². The van der Waals surface area contributed by atoms with E-state index in [0.717, 1.165) is 16.7 Å². The van der Waals surface area contributed by atoms with Crippen LogP contribution in [0.4, 0.5) is 0 Å². The summed E-state index contributed by atoms with van der Waals surface area (Å²) in [6.45, 7) is 4.15. The fourth-order valence-electron chi connectivity index (χ4n) is 2.60. The van der Waals surface area contributed by atoms with Crippen LogP contribution in [0.1, 0.15) is 27.9 Å². The van der Waals surface area contributed by atoms with Crippen LogP contribution in [0.5, 0.6) is 0 Å². The van der Waals surface area contributed by atoms with Crippen LogP contribution in [-0.2, 0) is 9.84 Å². The van der Waals surface area contributed by atoms with Gasteiger partial charge in [0, 0.05) is 11.6 Å². The Morgan fingerprint density at radius 1 is 1.35 bits per heavy atom. The molecule has 1 aromatic rings. The molecule has 0 saturated carbocycles. The van der Waals surface area contributed by atoms with Gasteiger partial charge in [0.05, 0.1) is 18.1 Å². The van der Waals surface area contributed by atoms with Gasteiger partial charge in [0.25, 0.3) is 0 Å². The van der Waals surface area contributed by atoms with Gasteiger partial charge in [-0.1, -0.05) is 17.7 Å². The molecule has 1 aliphatic heterocycles. The molecule has 4 nitrogen and oxygen atoms in total. The second-order valence-corrected chi connectivity index (χ2v) is 7.94. The maximum atomic E-state index is 12.4. The van der Waals surface area contributed by atoms with Gasteiger partial charge in [0.2, 0.25) is 0 Å². The first kappa shape index (κ1) is 15.2. The van der Waals surface area contributed by atoms with Gasteiger partial charge in [0.1, 0.15) is 0 Å². The van der Waals surface area contributed by atoms with E-state index < -0.39 is 9.84 Å². The Bertz CT molecular complexity index is 622.